The molecule has 2 aromatic carbocycles. The lowest BCUT2D eigenvalue weighted by molar-refractivity contribution is -0.112. The number of halogens is 1. The van der Waals surface area contributed by atoms with Crippen molar-refractivity contribution in [3.05, 3.63) is 73.1 Å². The van der Waals surface area contributed by atoms with E-state index in [1.54, 1.807) is 14.0 Å². The number of thioether (sulfide) groups is 1. The van der Waals surface area contributed by atoms with Crippen molar-refractivity contribution in [2.75, 3.05) is 17.0 Å². The van der Waals surface area contributed by atoms with Gasteiger partial charge in [-0.05, 0) is 37.3 Å². The normalized spacial score (nSPS) is 19.2. The summed E-state index contributed by atoms with van der Waals surface area (Å²) >= 11 is 9.00. The minimum absolute atomic E-state index is 0.139. The molecule has 0 saturated heterocycles. The summed E-state index contributed by atoms with van der Waals surface area (Å²) < 4.78 is 2.72. The van der Waals surface area contributed by atoms with Gasteiger partial charge in [0.05, 0.1) is 22.7 Å². The van der Waals surface area contributed by atoms with Crippen LogP contribution in [0.4, 0.5) is 11.4 Å². The van der Waals surface area contributed by atoms with Gasteiger partial charge in [-0.1, -0.05) is 41.6 Å². The first-order valence-corrected chi connectivity index (χ1v) is 11.5. The largest absolute Gasteiger partial charge is 0.337 e. The van der Waals surface area contributed by atoms with Gasteiger partial charge in [-0.25, -0.2) is 0 Å². The molecular formula is C22H17ClN4O2S2. The highest BCUT2D eigenvalue weighted by Crippen LogP contribution is 2.46. The molecule has 0 atom stereocenters. The number of hydrogen-bond acceptors (Lipinski definition) is 6. The monoisotopic (exact) mass is 468 g/mol. The summed E-state index contributed by atoms with van der Waals surface area (Å²) in [5.41, 5.74) is 2.55. The van der Waals surface area contributed by atoms with Crippen LogP contribution in [0.15, 0.2) is 63.3 Å². The first kappa shape index (κ1) is 20.1. The predicted octanol–water partition coefficient (Wildman–Crippen LogP) is 2.98. The molecule has 2 aliphatic rings. The van der Waals surface area contributed by atoms with Crippen LogP contribution in [-0.2, 0) is 11.8 Å². The number of carbonyl (C=O) groups excluding carboxylic acids is 1. The second-order valence-corrected chi connectivity index (χ2v) is 9.66. The van der Waals surface area contributed by atoms with E-state index in [0.717, 1.165) is 15.6 Å². The minimum atomic E-state index is -0.236. The first-order valence-electron chi connectivity index (χ1n) is 9.47. The van der Waals surface area contributed by atoms with Gasteiger partial charge < -0.3 is 9.47 Å². The van der Waals surface area contributed by atoms with Crippen LogP contribution in [0.25, 0.3) is 10.6 Å². The fourth-order valence-electron chi connectivity index (χ4n) is 3.62. The molecule has 1 amide bonds. The molecule has 0 spiro atoms. The molecule has 9 heteroatoms. The molecule has 2 aliphatic heterocycles. The zero-order valence-corrected chi connectivity index (χ0v) is 19.3. The topological polar surface area (TPSA) is 57.9 Å². The van der Waals surface area contributed by atoms with Crippen molar-refractivity contribution >= 4 is 68.3 Å². The van der Waals surface area contributed by atoms with E-state index in [2.05, 4.69) is 5.10 Å². The van der Waals surface area contributed by atoms with Gasteiger partial charge in [-0.2, -0.15) is 10.1 Å². The van der Waals surface area contributed by atoms with E-state index in [-0.39, 0.29) is 11.5 Å². The van der Waals surface area contributed by atoms with Gasteiger partial charge in [0.15, 0.2) is 0 Å². The van der Waals surface area contributed by atoms with E-state index in [1.807, 2.05) is 60.5 Å². The molecule has 0 fully saturated rings. The number of aromatic nitrogens is 1. The first-order chi connectivity index (χ1) is 14.9. The summed E-state index contributed by atoms with van der Waals surface area (Å²) in [5.74, 6) is -0.236. The molecular weight excluding hydrogens is 452 g/mol. The molecule has 0 N–H and O–H groups in total. The minimum Gasteiger partial charge on any atom is -0.337 e. The summed E-state index contributed by atoms with van der Waals surface area (Å²) in [4.78, 5) is 29.4. The van der Waals surface area contributed by atoms with Crippen LogP contribution in [0.3, 0.4) is 0 Å². The van der Waals surface area contributed by atoms with Crippen molar-refractivity contribution in [1.29, 1.82) is 0 Å². The van der Waals surface area contributed by atoms with Gasteiger partial charge in [0.1, 0.15) is 14.2 Å². The maximum absolute atomic E-state index is 13.2. The predicted molar refractivity (Wildman–Crippen MR) is 128 cm³/mol. The van der Waals surface area contributed by atoms with Crippen LogP contribution in [0, 0.1) is 0 Å². The number of fused-ring (bicyclic) bond motifs is 1. The Kier molecular flexibility index (Phi) is 4.80. The highest BCUT2D eigenvalue weighted by Gasteiger charge is 2.31. The Balaban J connectivity index is 1.69. The van der Waals surface area contributed by atoms with Crippen LogP contribution >= 0.6 is 34.7 Å². The molecule has 0 bridgehead atoms. The van der Waals surface area contributed by atoms with Crippen LogP contribution in [0.1, 0.15) is 6.92 Å². The Morgan fingerprint density at radius 3 is 2.52 bits per heavy atom. The number of rotatable bonds is 1. The highest BCUT2D eigenvalue weighted by atomic mass is 35.5. The molecule has 31 heavy (non-hydrogen) atoms. The number of carbonyl (C=O) groups is 1. The third kappa shape index (κ3) is 3.13. The highest BCUT2D eigenvalue weighted by molar-refractivity contribution is 8.08. The van der Waals surface area contributed by atoms with Crippen LogP contribution in [0.5, 0.6) is 0 Å². The van der Waals surface area contributed by atoms with Gasteiger partial charge in [0, 0.05) is 24.0 Å². The third-order valence-electron chi connectivity index (χ3n) is 5.22. The van der Waals surface area contributed by atoms with Crippen LogP contribution in [-0.4, -0.2) is 23.2 Å². The lowest BCUT2D eigenvalue weighted by Gasteiger charge is -2.12. The SMILES string of the molecule is CC1=NN(c2ccccc2)C(=O)C1=c1sc(=C2Sc3ccc(Cl)cc3N2C)c(=O)n1C. The zero-order valence-electron chi connectivity index (χ0n) is 16.9. The lowest BCUT2D eigenvalue weighted by atomic mass is 10.2. The molecule has 5 rings (SSSR count). The number of thiazole rings is 1. The summed E-state index contributed by atoms with van der Waals surface area (Å²) in [6, 6.07) is 15.0. The molecule has 0 aliphatic carbocycles. The smallest absolute Gasteiger partial charge is 0.283 e. The summed E-state index contributed by atoms with van der Waals surface area (Å²) in [6.45, 7) is 1.79. The second kappa shape index (κ2) is 7.40. The van der Waals surface area contributed by atoms with Gasteiger partial charge in [-0.3, -0.25) is 9.59 Å². The van der Waals surface area contributed by atoms with Crippen molar-refractivity contribution in [3.63, 3.8) is 0 Å². The number of para-hydroxylation sites is 1. The van der Waals surface area contributed by atoms with Gasteiger partial charge in [0.2, 0.25) is 0 Å². The maximum Gasteiger partial charge on any atom is 0.283 e. The lowest BCUT2D eigenvalue weighted by Crippen LogP contribution is -2.33. The molecule has 156 valence electrons. The molecule has 3 heterocycles. The van der Waals surface area contributed by atoms with Gasteiger partial charge in [0.25, 0.3) is 11.5 Å². The van der Waals surface area contributed by atoms with Gasteiger partial charge >= 0.3 is 0 Å². The molecule has 0 saturated carbocycles. The van der Waals surface area contributed by atoms with E-state index in [0.29, 0.717) is 31.2 Å². The molecule has 6 nitrogen and oxygen atoms in total. The fraction of sp³-hybridized carbons (Fsp3) is 0.136. The number of anilines is 2. The number of nitrogens with zero attached hydrogens (tertiary/aromatic N) is 4. The molecule has 3 aromatic rings. The molecule has 0 unspecified atom stereocenters. The maximum atomic E-state index is 13.2. The quantitative estimate of drug-likeness (QED) is 0.551. The number of hydrogen-bond donors (Lipinski definition) is 0. The van der Waals surface area contributed by atoms with E-state index in [1.165, 1.54) is 32.7 Å². The summed E-state index contributed by atoms with van der Waals surface area (Å²) in [7, 11) is 3.61. The fourth-order valence-corrected chi connectivity index (χ4v) is 6.30. The Morgan fingerprint density at radius 1 is 1.03 bits per heavy atom. The van der Waals surface area contributed by atoms with Crippen molar-refractivity contribution < 1.29 is 4.79 Å². The Morgan fingerprint density at radius 2 is 1.77 bits per heavy atom. The van der Waals surface area contributed by atoms with E-state index >= 15 is 0 Å². The van der Waals surface area contributed by atoms with Crippen molar-refractivity contribution in [2.24, 2.45) is 12.1 Å². The summed E-state index contributed by atoms with van der Waals surface area (Å²) in [5, 5.41) is 7.31. The average molecular weight is 469 g/mol. The number of hydrazone groups is 1. The van der Waals surface area contributed by atoms with Crippen LogP contribution in [0.2, 0.25) is 5.02 Å². The average Bonchev–Trinajstić information content (AvgIpc) is 3.35. The van der Waals surface area contributed by atoms with Crippen molar-refractivity contribution in [3.8, 4) is 0 Å². The zero-order chi connectivity index (χ0) is 21.9. The van der Waals surface area contributed by atoms with E-state index in [4.69, 9.17) is 11.6 Å². The van der Waals surface area contributed by atoms with E-state index < -0.39 is 0 Å². The van der Waals surface area contributed by atoms with Crippen molar-refractivity contribution in [1.82, 2.24) is 4.57 Å². The number of amides is 1. The Labute approximate surface area is 191 Å². The molecule has 0 radical (unpaired) electrons. The van der Waals surface area contributed by atoms with Gasteiger partial charge in [-0.15, -0.1) is 11.3 Å². The summed E-state index contributed by atoms with van der Waals surface area (Å²) in [6.07, 6.45) is 0. The third-order valence-corrected chi connectivity index (χ3v) is 8.07. The Hall–Kier alpha value is -2.81. The van der Waals surface area contributed by atoms with Crippen molar-refractivity contribution in [2.45, 2.75) is 11.8 Å². The Bertz CT molecular complexity index is 1460. The van der Waals surface area contributed by atoms with E-state index in [9.17, 15) is 9.59 Å². The standard InChI is InChI=1S/C22H17ClN4O2S2/c1-12-17(19(28)27(24-12)14-7-5-4-6-8-14)21-26(3)20(29)18(31-21)22-25(2)15-11-13(23)9-10-16(15)30-22/h4-11H,1-3H3. The number of benzene rings is 2. The molecule has 1 aromatic heterocycles. The van der Waals surface area contributed by atoms with Crippen LogP contribution < -0.4 is 24.7 Å². The second-order valence-electron chi connectivity index (χ2n) is 7.19.